The molecule has 0 aliphatic heterocycles. The molecule has 0 N–H and O–H groups in total. The Hall–Kier alpha value is -0.510. The van der Waals surface area contributed by atoms with E-state index in [1.165, 1.54) is 6.26 Å². The Labute approximate surface area is 68.2 Å². The van der Waals surface area contributed by atoms with Crippen LogP contribution in [0, 0.1) is 5.92 Å². The summed E-state index contributed by atoms with van der Waals surface area (Å²) in [7, 11) is -3.31. The fraction of sp³-hybridized carbons (Fsp3) is 0.714. The fourth-order valence-corrected chi connectivity index (χ4v) is 0.669. The molecular weight excluding hydrogens is 164 g/mol. The summed E-state index contributed by atoms with van der Waals surface area (Å²) in [4.78, 5) is 0. The van der Waals surface area contributed by atoms with Crippen LogP contribution in [0.25, 0.3) is 0 Å². The summed E-state index contributed by atoms with van der Waals surface area (Å²) in [6.07, 6.45) is 4.95. The van der Waals surface area contributed by atoms with Crippen LogP contribution in [-0.2, 0) is 14.3 Å². The van der Waals surface area contributed by atoms with E-state index < -0.39 is 10.1 Å². The van der Waals surface area contributed by atoms with E-state index in [0.29, 0.717) is 5.92 Å². The van der Waals surface area contributed by atoms with Crippen molar-refractivity contribution in [2.75, 3.05) is 6.26 Å². The number of allylic oxidation sites excluding steroid dienone is 1. The summed E-state index contributed by atoms with van der Waals surface area (Å²) in [6, 6.07) is 0. The van der Waals surface area contributed by atoms with Crippen LogP contribution in [0.3, 0.4) is 0 Å². The average molecular weight is 178 g/mol. The lowest BCUT2D eigenvalue weighted by Crippen LogP contribution is -1.96. The average Bonchev–Trinajstić information content (AvgIpc) is 1.85. The van der Waals surface area contributed by atoms with Crippen LogP contribution in [-0.4, -0.2) is 14.7 Å². The molecular formula is C7H14O3S. The second-order valence-corrected chi connectivity index (χ2v) is 4.12. The van der Waals surface area contributed by atoms with E-state index >= 15 is 0 Å². The summed E-state index contributed by atoms with van der Waals surface area (Å²) in [5.41, 5.74) is 0. The van der Waals surface area contributed by atoms with Gasteiger partial charge in [0.25, 0.3) is 0 Å². The zero-order chi connectivity index (χ0) is 8.91. The van der Waals surface area contributed by atoms with Crippen molar-refractivity contribution < 1.29 is 12.6 Å². The molecule has 4 heteroatoms. The minimum Gasteiger partial charge on any atom is -0.391 e. The maximum atomic E-state index is 10.4. The van der Waals surface area contributed by atoms with Crippen LogP contribution < -0.4 is 0 Å². The molecule has 0 aliphatic rings. The van der Waals surface area contributed by atoms with E-state index in [0.717, 1.165) is 12.7 Å². The fourth-order valence-electron chi connectivity index (χ4n) is 0.403. The third kappa shape index (κ3) is 7.39. The summed E-state index contributed by atoms with van der Waals surface area (Å²) in [5, 5.41) is 0. The van der Waals surface area contributed by atoms with Crippen LogP contribution in [0.4, 0.5) is 0 Å². The van der Waals surface area contributed by atoms with Crippen molar-refractivity contribution in [1.29, 1.82) is 0 Å². The van der Waals surface area contributed by atoms with Crippen molar-refractivity contribution in [3.05, 3.63) is 12.3 Å². The van der Waals surface area contributed by atoms with Gasteiger partial charge in [-0.15, -0.1) is 0 Å². The maximum absolute atomic E-state index is 10.4. The normalized spacial score (nSPS) is 15.2. The highest BCUT2D eigenvalue weighted by Gasteiger charge is 1.96. The Morgan fingerprint density at radius 1 is 1.55 bits per heavy atom. The third-order valence-corrected chi connectivity index (χ3v) is 1.74. The van der Waals surface area contributed by atoms with Crippen molar-refractivity contribution >= 4 is 10.1 Å². The zero-order valence-electron chi connectivity index (χ0n) is 7.07. The van der Waals surface area contributed by atoms with E-state index in [1.807, 2.05) is 13.8 Å². The van der Waals surface area contributed by atoms with Crippen molar-refractivity contribution in [3.63, 3.8) is 0 Å². The van der Waals surface area contributed by atoms with Crippen LogP contribution in [0.2, 0.25) is 0 Å². The van der Waals surface area contributed by atoms with Gasteiger partial charge in [0.2, 0.25) is 0 Å². The van der Waals surface area contributed by atoms with Crippen LogP contribution in [0.5, 0.6) is 0 Å². The number of hydrogen-bond donors (Lipinski definition) is 0. The predicted octanol–water partition coefficient (Wildman–Crippen LogP) is 1.52. The van der Waals surface area contributed by atoms with Gasteiger partial charge in [0, 0.05) is 0 Å². The van der Waals surface area contributed by atoms with Gasteiger partial charge in [0.05, 0.1) is 6.26 Å². The lowest BCUT2D eigenvalue weighted by molar-refractivity contribution is 0.445. The third-order valence-electron chi connectivity index (χ3n) is 1.28. The molecule has 1 unspecified atom stereocenters. The molecule has 0 aromatic carbocycles. The highest BCUT2D eigenvalue weighted by molar-refractivity contribution is 7.86. The van der Waals surface area contributed by atoms with Gasteiger partial charge in [0.15, 0.2) is 0 Å². The molecule has 0 aromatic rings. The molecule has 1 atom stereocenters. The number of hydrogen-bond acceptors (Lipinski definition) is 3. The van der Waals surface area contributed by atoms with Gasteiger partial charge < -0.3 is 4.18 Å². The lowest BCUT2D eigenvalue weighted by Gasteiger charge is -1.99. The topological polar surface area (TPSA) is 43.4 Å². The molecule has 0 rings (SSSR count). The molecule has 0 heterocycles. The van der Waals surface area contributed by atoms with E-state index in [4.69, 9.17) is 0 Å². The first-order chi connectivity index (χ1) is 4.95. The monoisotopic (exact) mass is 178 g/mol. The minimum atomic E-state index is -3.31. The van der Waals surface area contributed by atoms with Crippen molar-refractivity contribution in [1.82, 2.24) is 0 Å². The molecule has 0 saturated heterocycles. The van der Waals surface area contributed by atoms with Gasteiger partial charge in [-0.3, -0.25) is 0 Å². The smallest absolute Gasteiger partial charge is 0.305 e. The van der Waals surface area contributed by atoms with E-state index in [2.05, 4.69) is 4.18 Å². The second-order valence-electron chi connectivity index (χ2n) is 2.51. The first kappa shape index (κ1) is 10.5. The second kappa shape index (κ2) is 4.38. The molecule has 0 bridgehead atoms. The molecule has 0 aromatic heterocycles. The van der Waals surface area contributed by atoms with Crippen molar-refractivity contribution in [3.8, 4) is 0 Å². The molecule has 0 fully saturated rings. The predicted molar refractivity (Wildman–Crippen MR) is 44.5 cm³/mol. The molecule has 0 aliphatic carbocycles. The molecule has 0 amide bonds. The molecule has 11 heavy (non-hydrogen) atoms. The summed E-state index contributed by atoms with van der Waals surface area (Å²) >= 11 is 0. The first-order valence-electron chi connectivity index (χ1n) is 3.50. The molecule has 0 radical (unpaired) electrons. The lowest BCUT2D eigenvalue weighted by atomic mass is 10.1. The quantitative estimate of drug-likeness (QED) is 0.484. The van der Waals surface area contributed by atoms with Crippen LogP contribution >= 0.6 is 0 Å². The van der Waals surface area contributed by atoms with Gasteiger partial charge >= 0.3 is 10.1 Å². The Balaban J connectivity index is 3.79. The largest absolute Gasteiger partial charge is 0.391 e. The van der Waals surface area contributed by atoms with E-state index in [-0.39, 0.29) is 0 Å². The number of rotatable bonds is 4. The molecule has 3 nitrogen and oxygen atoms in total. The maximum Gasteiger partial charge on any atom is 0.305 e. The molecule has 66 valence electrons. The van der Waals surface area contributed by atoms with Gasteiger partial charge in [-0.25, -0.2) is 0 Å². The van der Waals surface area contributed by atoms with Gasteiger partial charge in [0.1, 0.15) is 6.26 Å². The molecule has 0 spiro atoms. The Morgan fingerprint density at radius 3 is 2.45 bits per heavy atom. The highest BCUT2D eigenvalue weighted by Crippen LogP contribution is 2.02. The SMILES string of the molecule is CCC(C)C=COS(C)(=O)=O. The zero-order valence-corrected chi connectivity index (χ0v) is 7.89. The van der Waals surface area contributed by atoms with Crippen molar-refractivity contribution in [2.45, 2.75) is 20.3 Å². The standard InChI is InChI=1S/C7H14O3S/c1-4-7(2)5-6-10-11(3,8)9/h5-7H,4H2,1-3H3. The highest BCUT2D eigenvalue weighted by atomic mass is 32.2. The first-order valence-corrected chi connectivity index (χ1v) is 5.32. The van der Waals surface area contributed by atoms with E-state index in [9.17, 15) is 8.42 Å². The molecule has 0 saturated carbocycles. The summed E-state index contributed by atoms with van der Waals surface area (Å²) in [5.74, 6) is 0.358. The Bertz CT molecular complexity index is 216. The van der Waals surface area contributed by atoms with Gasteiger partial charge in [-0.1, -0.05) is 13.8 Å². The summed E-state index contributed by atoms with van der Waals surface area (Å²) < 4.78 is 25.2. The van der Waals surface area contributed by atoms with Gasteiger partial charge in [-0.2, -0.15) is 8.42 Å². The summed E-state index contributed by atoms with van der Waals surface area (Å²) in [6.45, 7) is 4.01. The Morgan fingerprint density at radius 2 is 2.09 bits per heavy atom. The Kier molecular flexibility index (Phi) is 4.18. The minimum absolute atomic E-state index is 0.358. The van der Waals surface area contributed by atoms with Gasteiger partial charge in [-0.05, 0) is 18.4 Å². The van der Waals surface area contributed by atoms with E-state index in [1.54, 1.807) is 6.08 Å². The van der Waals surface area contributed by atoms with Crippen molar-refractivity contribution in [2.24, 2.45) is 5.92 Å². The van der Waals surface area contributed by atoms with Crippen LogP contribution in [0.1, 0.15) is 20.3 Å². The van der Waals surface area contributed by atoms with Crippen LogP contribution in [0.15, 0.2) is 12.3 Å².